The fourth-order valence-corrected chi connectivity index (χ4v) is 4.43. The number of hydrogen-bond donors (Lipinski definition) is 2. The Morgan fingerprint density at radius 2 is 1.76 bits per heavy atom. The molecule has 0 spiro atoms. The van der Waals surface area contributed by atoms with E-state index in [1.54, 1.807) is 12.4 Å². The lowest BCUT2D eigenvalue weighted by atomic mass is 9.95. The van der Waals surface area contributed by atoms with E-state index >= 15 is 0 Å². The van der Waals surface area contributed by atoms with Crippen LogP contribution in [0, 0.1) is 0 Å². The van der Waals surface area contributed by atoms with Crippen molar-refractivity contribution < 1.29 is 14.0 Å². The molecule has 0 bridgehead atoms. The lowest BCUT2D eigenvalue weighted by molar-refractivity contribution is -0.138. The van der Waals surface area contributed by atoms with E-state index in [1.165, 1.54) is 10.5 Å². The Balaban J connectivity index is 1.52. The van der Waals surface area contributed by atoms with Crippen LogP contribution >= 0.6 is 0 Å². The van der Waals surface area contributed by atoms with E-state index in [1.807, 2.05) is 42.5 Å². The van der Waals surface area contributed by atoms with Gasteiger partial charge in [-0.25, -0.2) is 9.37 Å². The van der Waals surface area contributed by atoms with Crippen molar-refractivity contribution in [2.24, 2.45) is 0 Å². The van der Waals surface area contributed by atoms with Gasteiger partial charge in [0.1, 0.15) is 18.0 Å². The third-order valence-corrected chi connectivity index (χ3v) is 6.36. The van der Waals surface area contributed by atoms with Gasteiger partial charge >= 0.3 is 0 Å². The van der Waals surface area contributed by atoms with Crippen molar-refractivity contribution in [1.82, 2.24) is 20.2 Å². The largest absolute Gasteiger partial charge is 0.349 e. The smallest absolute Gasteiger partial charge is 0.243 e. The molecule has 6 nitrogen and oxygen atoms in total. The highest BCUT2D eigenvalue weighted by Gasteiger charge is 2.40. The number of aromatic amines is 1. The van der Waals surface area contributed by atoms with Gasteiger partial charge in [0, 0.05) is 31.7 Å². The van der Waals surface area contributed by atoms with Crippen molar-refractivity contribution in [3.8, 4) is 0 Å². The quantitative estimate of drug-likeness (QED) is 0.524. The summed E-state index contributed by atoms with van der Waals surface area (Å²) in [6.07, 6.45) is 2.70. The molecule has 2 aromatic carbocycles. The lowest BCUT2D eigenvalue weighted by Gasteiger charge is -2.27. The second kappa shape index (κ2) is 10.6. The second-order valence-corrected chi connectivity index (χ2v) is 9.10. The molecule has 3 unspecified atom stereocenters. The molecule has 1 aromatic heterocycles. The zero-order chi connectivity index (χ0) is 24.1. The fraction of sp³-hybridized carbons (Fsp3) is 0.370. The number of benzene rings is 2. The summed E-state index contributed by atoms with van der Waals surface area (Å²) in [5.41, 5.74) is 3.08. The van der Waals surface area contributed by atoms with Gasteiger partial charge < -0.3 is 15.2 Å². The Bertz CT molecular complexity index is 1080. The monoisotopic (exact) mass is 462 g/mol. The summed E-state index contributed by atoms with van der Waals surface area (Å²) in [6.45, 7) is 4.21. The maximum atomic E-state index is 14.4. The molecule has 34 heavy (non-hydrogen) atoms. The number of aromatic nitrogens is 2. The molecular formula is C27H31FN4O2. The molecule has 1 aliphatic rings. The standard InChI is InChI=1S/C27H31FN4O2/c1-18(2)19-8-10-21(11-9-19)26(20-6-4-3-5-7-20)31-27(34)23-16-22(28)17-32(23)25(33)13-12-24-29-14-15-30-24/h3-11,14-15,18,22-23,26H,12-13,16-17H2,1-2H3,(H,29,30)(H,31,34). The Kier molecular flexibility index (Phi) is 7.40. The molecule has 2 amide bonds. The third-order valence-electron chi connectivity index (χ3n) is 6.36. The van der Waals surface area contributed by atoms with Gasteiger partial charge in [0.15, 0.2) is 0 Å². The molecule has 2 heterocycles. The van der Waals surface area contributed by atoms with Crippen LogP contribution in [0.1, 0.15) is 61.2 Å². The molecule has 7 heteroatoms. The molecule has 3 atom stereocenters. The van der Waals surface area contributed by atoms with Crippen LogP contribution in [-0.4, -0.2) is 45.4 Å². The number of carbonyl (C=O) groups is 2. The minimum Gasteiger partial charge on any atom is -0.349 e. The Labute approximate surface area is 199 Å². The van der Waals surface area contributed by atoms with E-state index in [-0.39, 0.29) is 31.2 Å². The number of aryl methyl sites for hydroxylation is 1. The number of carbonyl (C=O) groups excluding carboxylic acids is 2. The predicted octanol–water partition coefficient (Wildman–Crippen LogP) is 4.31. The molecule has 1 saturated heterocycles. The van der Waals surface area contributed by atoms with E-state index in [2.05, 4.69) is 41.3 Å². The topological polar surface area (TPSA) is 78.1 Å². The maximum Gasteiger partial charge on any atom is 0.243 e. The summed E-state index contributed by atoms with van der Waals surface area (Å²) >= 11 is 0. The van der Waals surface area contributed by atoms with Crippen molar-refractivity contribution >= 4 is 11.8 Å². The number of nitrogens with zero attached hydrogens (tertiary/aromatic N) is 2. The Morgan fingerprint density at radius 3 is 2.41 bits per heavy atom. The molecule has 4 rings (SSSR count). The Morgan fingerprint density at radius 1 is 1.09 bits per heavy atom. The van der Waals surface area contributed by atoms with Crippen LogP contribution in [0.4, 0.5) is 4.39 Å². The zero-order valence-electron chi connectivity index (χ0n) is 19.6. The van der Waals surface area contributed by atoms with E-state index in [9.17, 15) is 14.0 Å². The van der Waals surface area contributed by atoms with Crippen LogP contribution in [0.3, 0.4) is 0 Å². The van der Waals surface area contributed by atoms with Crippen LogP contribution in [0.2, 0.25) is 0 Å². The number of hydrogen-bond acceptors (Lipinski definition) is 3. The lowest BCUT2D eigenvalue weighted by Crippen LogP contribution is -2.47. The van der Waals surface area contributed by atoms with Crippen LogP contribution in [0.25, 0.3) is 0 Å². The fourth-order valence-electron chi connectivity index (χ4n) is 4.43. The first-order valence-electron chi connectivity index (χ1n) is 11.8. The van der Waals surface area contributed by atoms with Gasteiger partial charge in [-0.05, 0) is 22.6 Å². The van der Waals surface area contributed by atoms with Crippen molar-refractivity contribution in [2.75, 3.05) is 6.54 Å². The predicted molar refractivity (Wildman–Crippen MR) is 129 cm³/mol. The van der Waals surface area contributed by atoms with E-state index < -0.39 is 18.3 Å². The average Bonchev–Trinajstić information content (AvgIpc) is 3.51. The van der Waals surface area contributed by atoms with Gasteiger partial charge in [-0.15, -0.1) is 0 Å². The summed E-state index contributed by atoms with van der Waals surface area (Å²) in [5, 5.41) is 3.10. The van der Waals surface area contributed by atoms with Crippen LogP contribution < -0.4 is 5.32 Å². The van der Waals surface area contributed by atoms with E-state index in [0.29, 0.717) is 18.2 Å². The van der Waals surface area contributed by atoms with Gasteiger partial charge in [-0.1, -0.05) is 68.4 Å². The van der Waals surface area contributed by atoms with Gasteiger partial charge in [0.25, 0.3) is 0 Å². The summed E-state index contributed by atoms with van der Waals surface area (Å²) in [7, 11) is 0. The number of H-pyrrole nitrogens is 1. The molecule has 2 N–H and O–H groups in total. The van der Waals surface area contributed by atoms with Crippen molar-refractivity contribution in [3.05, 3.63) is 89.5 Å². The number of rotatable bonds is 8. The molecule has 0 radical (unpaired) electrons. The number of likely N-dealkylation sites (tertiary alicyclic amines) is 1. The van der Waals surface area contributed by atoms with Crippen LogP contribution in [0.5, 0.6) is 0 Å². The summed E-state index contributed by atoms with van der Waals surface area (Å²) in [6, 6.07) is 16.6. The first-order valence-corrected chi connectivity index (χ1v) is 11.8. The summed E-state index contributed by atoms with van der Waals surface area (Å²) in [5.74, 6) is 0.515. The van der Waals surface area contributed by atoms with Crippen molar-refractivity contribution in [3.63, 3.8) is 0 Å². The van der Waals surface area contributed by atoms with E-state index in [4.69, 9.17) is 0 Å². The average molecular weight is 463 g/mol. The number of amides is 2. The first kappa shape index (κ1) is 23.7. The molecule has 178 valence electrons. The zero-order valence-corrected chi connectivity index (χ0v) is 19.6. The van der Waals surface area contributed by atoms with Gasteiger partial charge in [0.2, 0.25) is 11.8 Å². The number of alkyl halides is 1. The summed E-state index contributed by atoms with van der Waals surface area (Å²) < 4.78 is 14.4. The SMILES string of the molecule is CC(C)c1ccc(C(NC(=O)C2CC(F)CN2C(=O)CCc2ncc[nH]2)c2ccccc2)cc1. The third kappa shape index (κ3) is 5.53. The highest BCUT2D eigenvalue weighted by Crippen LogP contribution is 2.27. The number of imidazole rings is 1. The minimum absolute atomic E-state index is 0.00607. The minimum atomic E-state index is -1.22. The molecular weight excluding hydrogens is 431 g/mol. The van der Waals surface area contributed by atoms with Gasteiger partial charge in [-0.2, -0.15) is 0 Å². The highest BCUT2D eigenvalue weighted by molar-refractivity contribution is 5.89. The van der Waals surface area contributed by atoms with Crippen molar-refractivity contribution in [1.29, 1.82) is 0 Å². The molecule has 0 aliphatic carbocycles. The maximum absolute atomic E-state index is 14.4. The second-order valence-electron chi connectivity index (χ2n) is 9.10. The highest BCUT2D eigenvalue weighted by atomic mass is 19.1. The van der Waals surface area contributed by atoms with Crippen LogP contribution in [0.15, 0.2) is 67.0 Å². The van der Waals surface area contributed by atoms with E-state index in [0.717, 1.165) is 11.1 Å². The normalized spacial score (nSPS) is 18.8. The molecule has 3 aromatic rings. The van der Waals surface area contributed by atoms with Crippen LogP contribution in [-0.2, 0) is 16.0 Å². The molecule has 1 aliphatic heterocycles. The Hall–Kier alpha value is -3.48. The molecule has 1 fully saturated rings. The van der Waals surface area contributed by atoms with Gasteiger partial charge in [-0.3, -0.25) is 9.59 Å². The van der Waals surface area contributed by atoms with Gasteiger partial charge in [0.05, 0.1) is 12.6 Å². The molecule has 0 saturated carbocycles. The number of nitrogens with one attached hydrogen (secondary N) is 2. The first-order chi connectivity index (χ1) is 16.4. The number of halogens is 1. The summed E-state index contributed by atoms with van der Waals surface area (Å²) in [4.78, 5) is 34.7. The van der Waals surface area contributed by atoms with Crippen molar-refractivity contribution in [2.45, 2.75) is 57.3 Å².